The van der Waals surface area contributed by atoms with Crippen LogP contribution in [0.4, 0.5) is 16.6 Å². The number of nitrogens with zero attached hydrogens (tertiary/aromatic N) is 3. The molecule has 3 N–H and O–H groups in total. The minimum absolute atomic E-state index is 0.0635. The Morgan fingerprint density at radius 3 is 2.92 bits per heavy atom. The molecule has 0 spiro atoms. The number of aromatic nitrogens is 4. The van der Waals surface area contributed by atoms with Crippen LogP contribution in [0.3, 0.4) is 0 Å². The molecule has 25 heavy (non-hydrogen) atoms. The summed E-state index contributed by atoms with van der Waals surface area (Å²) in [4.78, 5) is 21.6. The largest absolute Gasteiger partial charge is 0.326 e. The Bertz CT molecular complexity index is 1010. The number of rotatable bonds is 5. The van der Waals surface area contributed by atoms with Crippen molar-refractivity contribution < 1.29 is 9.31 Å². The van der Waals surface area contributed by atoms with Crippen LogP contribution in [0, 0.1) is 0 Å². The van der Waals surface area contributed by atoms with Crippen LogP contribution < -0.4 is 15.1 Å². The summed E-state index contributed by atoms with van der Waals surface area (Å²) >= 11 is 1.45. The second kappa shape index (κ2) is 6.70. The van der Waals surface area contributed by atoms with Gasteiger partial charge in [-0.3, -0.25) is 9.89 Å². The highest BCUT2D eigenvalue weighted by atomic mass is 32.1. The molecule has 1 aromatic carbocycles. The van der Waals surface area contributed by atoms with E-state index in [1.54, 1.807) is 12.4 Å². The number of carbonyl (C=O) groups excluding carboxylic acids is 1. The van der Waals surface area contributed by atoms with E-state index in [4.69, 9.17) is 0 Å². The number of benzene rings is 1. The van der Waals surface area contributed by atoms with Gasteiger partial charge in [0.15, 0.2) is 0 Å². The quantitative estimate of drug-likeness (QED) is 0.482. The van der Waals surface area contributed by atoms with Gasteiger partial charge in [-0.2, -0.15) is 0 Å². The molecule has 0 saturated carbocycles. The number of para-hydroxylation sites is 1. The zero-order valence-corrected chi connectivity index (χ0v) is 14.0. The molecule has 124 valence electrons. The van der Waals surface area contributed by atoms with E-state index in [1.165, 1.54) is 11.3 Å². The molecule has 0 unspecified atom stereocenters. The molecule has 1 amide bonds. The summed E-state index contributed by atoms with van der Waals surface area (Å²) in [6, 6.07) is 13.1. The monoisotopic (exact) mass is 351 g/mol. The number of fused-ring (bicyclic) bond motifs is 1. The minimum atomic E-state index is -0.0635. The molecule has 4 rings (SSSR count). The number of hydrogen-bond acceptors (Lipinski definition) is 5. The molecule has 0 atom stereocenters. The van der Waals surface area contributed by atoms with Crippen LogP contribution in [0.2, 0.25) is 0 Å². The molecular formula is C17H15N6OS+. The van der Waals surface area contributed by atoms with Crippen molar-refractivity contribution in [2.75, 3.05) is 10.6 Å². The predicted octanol–water partition coefficient (Wildman–Crippen LogP) is 2.53. The van der Waals surface area contributed by atoms with Crippen LogP contribution in [0.25, 0.3) is 5.65 Å². The predicted molar refractivity (Wildman–Crippen MR) is 95.9 cm³/mol. The maximum atomic E-state index is 12.1. The highest BCUT2D eigenvalue weighted by Crippen LogP contribution is 2.21. The number of carbonyl (C=O) groups is 1. The van der Waals surface area contributed by atoms with Crippen LogP contribution in [0.1, 0.15) is 4.88 Å². The number of anilines is 3. The molecule has 7 nitrogen and oxygen atoms in total. The number of nitrogens with one attached hydrogen (secondary N) is 3. The van der Waals surface area contributed by atoms with E-state index in [0.717, 1.165) is 27.2 Å². The maximum Gasteiger partial charge on any atom is 0.286 e. The number of aromatic amines is 1. The van der Waals surface area contributed by atoms with Gasteiger partial charge in [-0.1, -0.05) is 29.5 Å². The van der Waals surface area contributed by atoms with Gasteiger partial charge >= 0.3 is 0 Å². The van der Waals surface area contributed by atoms with Gasteiger partial charge in [-0.15, -0.1) is 9.50 Å². The molecule has 0 aliphatic rings. The van der Waals surface area contributed by atoms with Gasteiger partial charge in [0.1, 0.15) is 6.20 Å². The van der Waals surface area contributed by atoms with Crippen molar-refractivity contribution in [3.63, 3.8) is 0 Å². The first kappa shape index (κ1) is 15.3. The van der Waals surface area contributed by atoms with Crippen LogP contribution in [-0.4, -0.2) is 21.0 Å². The third kappa shape index (κ3) is 3.48. The lowest BCUT2D eigenvalue weighted by Crippen LogP contribution is -2.27. The first-order valence-electron chi connectivity index (χ1n) is 7.69. The van der Waals surface area contributed by atoms with E-state index < -0.39 is 0 Å². The Kier molecular flexibility index (Phi) is 4.09. The SMILES string of the molecule is O=C(Cc1cnc(Nc2ccnc3cc[nH][n+]23)s1)Nc1ccccc1. The summed E-state index contributed by atoms with van der Waals surface area (Å²) in [5, 5.41) is 9.91. The van der Waals surface area contributed by atoms with Gasteiger partial charge < -0.3 is 5.32 Å². The second-order valence-corrected chi connectivity index (χ2v) is 6.45. The molecular weight excluding hydrogens is 336 g/mol. The van der Waals surface area contributed by atoms with E-state index >= 15 is 0 Å². The summed E-state index contributed by atoms with van der Waals surface area (Å²) in [6.45, 7) is 0. The average Bonchev–Trinajstić information content (AvgIpc) is 3.25. The van der Waals surface area contributed by atoms with Gasteiger partial charge in [0.25, 0.3) is 11.5 Å². The van der Waals surface area contributed by atoms with E-state index in [0.29, 0.717) is 0 Å². The Balaban J connectivity index is 1.43. The zero-order valence-electron chi connectivity index (χ0n) is 13.1. The molecule has 0 saturated heterocycles. The van der Waals surface area contributed by atoms with Crippen molar-refractivity contribution in [1.29, 1.82) is 0 Å². The number of amides is 1. The smallest absolute Gasteiger partial charge is 0.286 e. The molecule has 8 heteroatoms. The normalized spacial score (nSPS) is 10.7. The van der Waals surface area contributed by atoms with Crippen molar-refractivity contribution >= 4 is 39.5 Å². The van der Waals surface area contributed by atoms with E-state index in [-0.39, 0.29) is 12.3 Å². The Hall–Kier alpha value is -3.26. The maximum absolute atomic E-state index is 12.1. The van der Waals surface area contributed by atoms with Crippen molar-refractivity contribution in [3.8, 4) is 0 Å². The fraction of sp³-hybridized carbons (Fsp3) is 0.0588. The van der Waals surface area contributed by atoms with Gasteiger partial charge in [0.2, 0.25) is 11.0 Å². The first-order chi connectivity index (χ1) is 12.3. The van der Waals surface area contributed by atoms with Crippen molar-refractivity contribution in [3.05, 3.63) is 65.9 Å². The Labute approximate surface area is 147 Å². The second-order valence-electron chi connectivity index (χ2n) is 5.33. The fourth-order valence-electron chi connectivity index (χ4n) is 2.42. The molecule has 3 aromatic heterocycles. The molecule has 0 bridgehead atoms. The lowest BCUT2D eigenvalue weighted by atomic mass is 10.3. The van der Waals surface area contributed by atoms with Crippen molar-refractivity contribution in [2.45, 2.75) is 6.42 Å². The summed E-state index contributed by atoms with van der Waals surface area (Å²) in [6.07, 6.45) is 5.55. The summed E-state index contributed by atoms with van der Waals surface area (Å²) in [5.41, 5.74) is 1.60. The van der Waals surface area contributed by atoms with Gasteiger partial charge in [-0.05, 0) is 12.1 Å². The third-order valence-corrected chi connectivity index (χ3v) is 4.44. The lowest BCUT2D eigenvalue weighted by Gasteiger charge is -2.02. The molecule has 0 aliphatic carbocycles. The zero-order chi connectivity index (χ0) is 17.1. The molecule has 0 fully saturated rings. The molecule has 3 heterocycles. The van der Waals surface area contributed by atoms with Gasteiger partial charge in [0, 0.05) is 35.1 Å². The van der Waals surface area contributed by atoms with Crippen LogP contribution >= 0.6 is 11.3 Å². The Morgan fingerprint density at radius 2 is 2.04 bits per heavy atom. The van der Waals surface area contributed by atoms with Crippen LogP contribution in [0.15, 0.2) is 61.1 Å². The Morgan fingerprint density at radius 1 is 1.16 bits per heavy atom. The van der Waals surface area contributed by atoms with Crippen molar-refractivity contribution in [2.24, 2.45) is 0 Å². The summed E-state index contributed by atoms with van der Waals surface area (Å²) in [5.74, 6) is 0.760. The number of hydrogen-bond donors (Lipinski definition) is 3. The summed E-state index contributed by atoms with van der Waals surface area (Å²) < 4.78 is 1.82. The van der Waals surface area contributed by atoms with Gasteiger partial charge in [-0.25, -0.2) is 10.3 Å². The summed E-state index contributed by atoms with van der Waals surface area (Å²) in [7, 11) is 0. The fourth-order valence-corrected chi connectivity index (χ4v) is 3.24. The molecule has 4 aromatic rings. The highest BCUT2D eigenvalue weighted by Gasteiger charge is 2.13. The molecule has 0 radical (unpaired) electrons. The standard InChI is InChI=1S/C17H14N6OS/c24-16(21-12-4-2-1-3-5-12)10-13-11-19-17(25-13)22-15-6-8-18-14-7-9-20-23(14)15/h1-9,11H,10H2,(H2,18,19,20,21,22,24)/p+1. The lowest BCUT2D eigenvalue weighted by molar-refractivity contribution is -0.563. The van der Waals surface area contributed by atoms with Gasteiger partial charge in [0.05, 0.1) is 6.42 Å². The first-order valence-corrected chi connectivity index (χ1v) is 8.50. The van der Waals surface area contributed by atoms with E-state index in [2.05, 4.69) is 25.7 Å². The topological polar surface area (TPSA) is 86.8 Å². The minimum Gasteiger partial charge on any atom is -0.326 e. The molecule has 0 aliphatic heterocycles. The van der Waals surface area contributed by atoms with E-state index in [9.17, 15) is 4.79 Å². The van der Waals surface area contributed by atoms with Crippen LogP contribution in [-0.2, 0) is 11.2 Å². The van der Waals surface area contributed by atoms with Crippen molar-refractivity contribution in [1.82, 2.24) is 15.1 Å². The van der Waals surface area contributed by atoms with Crippen LogP contribution in [0.5, 0.6) is 0 Å². The number of thiazole rings is 1. The third-order valence-electron chi connectivity index (χ3n) is 3.53. The highest BCUT2D eigenvalue weighted by molar-refractivity contribution is 7.15. The average molecular weight is 351 g/mol. The number of H-pyrrole nitrogens is 1. The van der Waals surface area contributed by atoms with E-state index in [1.807, 2.05) is 53.2 Å².